The first-order valence-corrected chi connectivity index (χ1v) is 6.49. The third-order valence-corrected chi connectivity index (χ3v) is 3.17. The summed E-state index contributed by atoms with van der Waals surface area (Å²) in [4.78, 5) is 13.7. The number of amides is 1. The summed E-state index contributed by atoms with van der Waals surface area (Å²) < 4.78 is 19.4. The molecule has 106 valence electrons. The maximum atomic E-state index is 14.1. The van der Waals surface area contributed by atoms with E-state index in [2.05, 4.69) is 5.32 Å². The van der Waals surface area contributed by atoms with Gasteiger partial charge in [-0.25, -0.2) is 4.39 Å². The molecule has 1 aromatic rings. The second-order valence-electron chi connectivity index (χ2n) is 4.46. The topological polar surface area (TPSA) is 65.4 Å². The van der Waals surface area contributed by atoms with Gasteiger partial charge < -0.3 is 15.0 Å². The molecule has 1 amide bonds. The maximum Gasteiger partial charge on any atom is 0.245 e. The van der Waals surface area contributed by atoms with Crippen molar-refractivity contribution in [2.24, 2.45) is 0 Å². The quantitative estimate of drug-likeness (QED) is 0.896. The standard InChI is InChI=1S/C14H16FN3O2/c1-2-17-14(19)13-9-20-6-5-18(13)12-4-3-10(8-16)7-11(12)15/h3-4,7,13H,2,5-6,9H2,1H3,(H,17,19). The van der Waals surface area contributed by atoms with Gasteiger partial charge in [0.15, 0.2) is 0 Å². The fourth-order valence-corrected chi connectivity index (χ4v) is 2.21. The van der Waals surface area contributed by atoms with Crippen molar-refractivity contribution in [2.75, 3.05) is 31.2 Å². The number of ether oxygens (including phenoxy) is 1. The fourth-order valence-electron chi connectivity index (χ4n) is 2.21. The Balaban J connectivity index is 2.28. The molecule has 0 aromatic heterocycles. The largest absolute Gasteiger partial charge is 0.377 e. The molecule has 20 heavy (non-hydrogen) atoms. The molecular weight excluding hydrogens is 261 g/mol. The van der Waals surface area contributed by atoms with Crippen LogP contribution >= 0.6 is 0 Å². The average molecular weight is 277 g/mol. The summed E-state index contributed by atoms with van der Waals surface area (Å²) in [5.41, 5.74) is 0.581. The lowest BCUT2D eigenvalue weighted by molar-refractivity contribution is -0.124. The Morgan fingerprint density at radius 2 is 2.45 bits per heavy atom. The van der Waals surface area contributed by atoms with Crippen molar-refractivity contribution < 1.29 is 13.9 Å². The SMILES string of the molecule is CCNC(=O)C1COCCN1c1ccc(C#N)cc1F. The minimum atomic E-state index is -0.550. The number of rotatable bonds is 3. The number of benzene rings is 1. The van der Waals surface area contributed by atoms with Crippen molar-refractivity contribution in [2.45, 2.75) is 13.0 Å². The molecule has 1 aromatic carbocycles. The van der Waals surface area contributed by atoms with Gasteiger partial charge in [0.2, 0.25) is 5.91 Å². The molecule has 1 saturated heterocycles. The lowest BCUT2D eigenvalue weighted by atomic mass is 10.1. The van der Waals surface area contributed by atoms with Gasteiger partial charge in [0.25, 0.3) is 0 Å². The smallest absolute Gasteiger partial charge is 0.245 e. The third kappa shape index (κ3) is 2.89. The summed E-state index contributed by atoms with van der Waals surface area (Å²) in [5.74, 6) is -0.684. The van der Waals surface area contributed by atoms with E-state index in [1.54, 1.807) is 11.0 Å². The van der Waals surface area contributed by atoms with E-state index in [0.717, 1.165) is 0 Å². The van der Waals surface area contributed by atoms with Gasteiger partial charge in [-0.2, -0.15) is 5.26 Å². The van der Waals surface area contributed by atoms with E-state index in [1.165, 1.54) is 12.1 Å². The van der Waals surface area contributed by atoms with Gasteiger partial charge in [-0.15, -0.1) is 0 Å². The zero-order chi connectivity index (χ0) is 14.5. The van der Waals surface area contributed by atoms with E-state index < -0.39 is 11.9 Å². The summed E-state index contributed by atoms with van der Waals surface area (Å²) in [6, 6.07) is 5.60. The van der Waals surface area contributed by atoms with E-state index in [0.29, 0.717) is 25.4 Å². The Morgan fingerprint density at radius 3 is 3.10 bits per heavy atom. The second-order valence-corrected chi connectivity index (χ2v) is 4.46. The first kappa shape index (κ1) is 14.3. The molecule has 2 rings (SSSR count). The molecule has 6 heteroatoms. The highest BCUT2D eigenvalue weighted by molar-refractivity contribution is 5.85. The van der Waals surface area contributed by atoms with Crippen LogP contribution in [0, 0.1) is 17.1 Å². The molecule has 0 spiro atoms. The molecule has 1 heterocycles. The van der Waals surface area contributed by atoms with Gasteiger partial charge in [-0.3, -0.25) is 4.79 Å². The minimum absolute atomic E-state index is 0.184. The van der Waals surface area contributed by atoms with E-state index in [4.69, 9.17) is 10.00 Å². The summed E-state index contributed by atoms with van der Waals surface area (Å²) in [5, 5.41) is 11.5. The number of anilines is 1. The summed E-state index contributed by atoms with van der Waals surface area (Å²) in [7, 11) is 0. The van der Waals surface area contributed by atoms with E-state index >= 15 is 0 Å². The fraction of sp³-hybridized carbons (Fsp3) is 0.429. The first-order valence-electron chi connectivity index (χ1n) is 6.49. The normalized spacial score (nSPS) is 18.4. The molecule has 1 aliphatic rings. The number of carbonyl (C=O) groups excluding carboxylic acids is 1. The molecule has 0 aliphatic carbocycles. The zero-order valence-corrected chi connectivity index (χ0v) is 11.2. The van der Waals surface area contributed by atoms with Crippen LogP contribution in [0.25, 0.3) is 0 Å². The third-order valence-electron chi connectivity index (χ3n) is 3.17. The van der Waals surface area contributed by atoms with Crippen molar-refractivity contribution in [1.82, 2.24) is 5.32 Å². The molecule has 5 nitrogen and oxygen atoms in total. The summed E-state index contributed by atoms with van der Waals surface area (Å²) in [6.07, 6.45) is 0. The lowest BCUT2D eigenvalue weighted by Crippen LogP contribution is -2.54. The minimum Gasteiger partial charge on any atom is -0.377 e. The van der Waals surface area contributed by atoms with Gasteiger partial charge in [0, 0.05) is 13.1 Å². The van der Waals surface area contributed by atoms with Crippen LogP contribution in [-0.2, 0) is 9.53 Å². The lowest BCUT2D eigenvalue weighted by Gasteiger charge is -2.36. The van der Waals surface area contributed by atoms with Crippen molar-refractivity contribution in [3.63, 3.8) is 0 Å². The average Bonchev–Trinajstić information content (AvgIpc) is 2.47. The molecule has 1 N–H and O–H groups in total. The van der Waals surface area contributed by atoms with Crippen LogP contribution in [0.15, 0.2) is 18.2 Å². The van der Waals surface area contributed by atoms with Crippen molar-refractivity contribution in [3.8, 4) is 6.07 Å². The molecule has 1 aliphatic heterocycles. The van der Waals surface area contributed by atoms with Gasteiger partial charge in [0.05, 0.1) is 30.5 Å². The van der Waals surface area contributed by atoms with Crippen LogP contribution in [0.3, 0.4) is 0 Å². The Hall–Kier alpha value is -2.13. The van der Waals surface area contributed by atoms with Crippen LogP contribution in [0.1, 0.15) is 12.5 Å². The van der Waals surface area contributed by atoms with E-state index in [1.807, 2.05) is 13.0 Å². The number of halogens is 1. The maximum absolute atomic E-state index is 14.1. The number of nitriles is 1. The number of likely N-dealkylation sites (N-methyl/N-ethyl adjacent to an activating group) is 1. The molecule has 0 saturated carbocycles. The van der Waals surface area contributed by atoms with Gasteiger partial charge in [-0.1, -0.05) is 0 Å². The number of nitrogens with one attached hydrogen (secondary N) is 1. The van der Waals surface area contributed by atoms with Crippen LogP contribution in [0.5, 0.6) is 0 Å². The Kier molecular flexibility index (Phi) is 4.53. The molecule has 1 unspecified atom stereocenters. The Morgan fingerprint density at radius 1 is 1.65 bits per heavy atom. The predicted octanol–water partition coefficient (Wildman–Crippen LogP) is 1.04. The number of hydrogen-bond donors (Lipinski definition) is 1. The molecule has 0 radical (unpaired) electrons. The monoisotopic (exact) mass is 277 g/mol. The first-order chi connectivity index (χ1) is 9.67. The van der Waals surface area contributed by atoms with Crippen molar-refractivity contribution in [3.05, 3.63) is 29.6 Å². The van der Waals surface area contributed by atoms with Crippen molar-refractivity contribution >= 4 is 11.6 Å². The number of hydrogen-bond acceptors (Lipinski definition) is 4. The van der Waals surface area contributed by atoms with Crippen LogP contribution in [0.4, 0.5) is 10.1 Å². The van der Waals surface area contributed by atoms with Crippen molar-refractivity contribution in [1.29, 1.82) is 5.26 Å². The highest BCUT2D eigenvalue weighted by Crippen LogP contribution is 2.24. The second kappa shape index (κ2) is 6.35. The zero-order valence-electron chi connectivity index (χ0n) is 11.2. The molecular formula is C14H16FN3O2. The number of nitrogens with zero attached hydrogens (tertiary/aromatic N) is 2. The Labute approximate surface area is 116 Å². The summed E-state index contributed by atoms with van der Waals surface area (Å²) >= 11 is 0. The van der Waals surface area contributed by atoms with E-state index in [-0.39, 0.29) is 18.1 Å². The number of carbonyl (C=O) groups is 1. The van der Waals surface area contributed by atoms with Gasteiger partial charge in [-0.05, 0) is 25.1 Å². The molecule has 1 atom stereocenters. The summed E-state index contributed by atoms with van der Waals surface area (Å²) in [6.45, 7) is 3.44. The highest BCUT2D eigenvalue weighted by Gasteiger charge is 2.30. The molecule has 1 fully saturated rings. The predicted molar refractivity (Wildman–Crippen MR) is 71.8 cm³/mol. The molecule has 0 bridgehead atoms. The number of morpholine rings is 1. The van der Waals surface area contributed by atoms with E-state index in [9.17, 15) is 9.18 Å². The van der Waals surface area contributed by atoms with Gasteiger partial charge >= 0.3 is 0 Å². The Bertz CT molecular complexity index is 542. The van der Waals surface area contributed by atoms with Gasteiger partial charge in [0.1, 0.15) is 11.9 Å². The van der Waals surface area contributed by atoms with Crippen LogP contribution in [-0.4, -0.2) is 38.3 Å². The van der Waals surface area contributed by atoms with Crippen LogP contribution < -0.4 is 10.2 Å². The highest BCUT2D eigenvalue weighted by atomic mass is 19.1. The van der Waals surface area contributed by atoms with Crippen LogP contribution in [0.2, 0.25) is 0 Å².